The highest BCUT2D eigenvalue weighted by Crippen LogP contribution is 2.19. The fourth-order valence-electron chi connectivity index (χ4n) is 5.32. The minimum absolute atomic E-state index is 0.126. The van der Waals surface area contributed by atoms with E-state index in [1.165, 1.54) is 116 Å². The van der Waals surface area contributed by atoms with Crippen LogP contribution in [0.4, 0.5) is 0 Å². The van der Waals surface area contributed by atoms with Crippen LogP contribution in [0, 0.1) is 5.92 Å². The standard InChI is InChI=1S/C33H65NO4/c1-6-7-8-9-10-11-12-13-14-15-16-19-22-25-30(2)26-23-20-17-18-21-24-27-33(37)38-31(28-32(35)36)29-34(3,4)5/h30-31H,6-29H2,1-5H3/p+1. The molecule has 2 unspecified atom stereocenters. The van der Waals surface area contributed by atoms with Gasteiger partial charge in [0.25, 0.3) is 0 Å². The zero-order valence-electron chi connectivity index (χ0n) is 26.2. The van der Waals surface area contributed by atoms with Gasteiger partial charge in [-0.15, -0.1) is 0 Å². The van der Waals surface area contributed by atoms with Crippen LogP contribution in [-0.2, 0) is 14.3 Å². The molecule has 0 fully saturated rings. The molecule has 38 heavy (non-hydrogen) atoms. The third kappa shape index (κ3) is 27.9. The Morgan fingerprint density at radius 3 is 1.45 bits per heavy atom. The van der Waals surface area contributed by atoms with Gasteiger partial charge in [-0.25, -0.2) is 0 Å². The maximum Gasteiger partial charge on any atom is 0.307 e. The normalized spacial score (nSPS) is 13.4. The number of rotatable bonds is 28. The Morgan fingerprint density at radius 1 is 0.658 bits per heavy atom. The first-order valence-corrected chi connectivity index (χ1v) is 16.4. The van der Waals surface area contributed by atoms with Crippen LogP contribution >= 0.6 is 0 Å². The summed E-state index contributed by atoms with van der Waals surface area (Å²) in [7, 11) is 5.93. The molecule has 0 spiro atoms. The lowest BCUT2D eigenvalue weighted by Gasteiger charge is -2.28. The highest BCUT2D eigenvalue weighted by Gasteiger charge is 2.24. The number of carbonyl (C=O) groups excluding carboxylic acids is 1. The molecule has 0 saturated heterocycles. The first-order valence-electron chi connectivity index (χ1n) is 16.4. The van der Waals surface area contributed by atoms with Crippen molar-refractivity contribution in [3.63, 3.8) is 0 Å². The number of unbranched alkanes of at least 4 members (excludes halogenated alkanes) is 17. The molecule has 0 amide bonds. The summed E-state index contributed by atoms with van der Waals surface area (Å²) in [4.78, 5) is 23.2. The number of nitrogens with zero attached hydrogens (tertiary/aromatic N) is 1. The van der Waals surface area contributed by atoms with Crippen molar-refractivity contribution in [1.29, 1.82) is 0 Å². The van der Waals surface area contributed by atoms with Gasteiger partial charge in [-0.2, -0.15) is 0 Å². The Balaban J connectivity index is 3.52. The molecular formula is C33H66NO4+. The number of hydrogen-bond acceptors (Lipinski definition) is 3. The lowest BCUT2D eigenvalue weighted by molar-refractivity contribution is -0.873. The monoisotopic (exact) mass is 540 g/mol. The van der Waals surface area contributed by atoms with Gasteiger partial charge in [0.05, 0.1) is 27.6 Å². The fraction of sp³-hybridized carbons (Fsp3) is 0.939. The highest BCUT2D eigenvalue weighted by atomic mass is 16.5. The summed E-state index contributed by atoms with van der Waals surface area (Å²) < 4.78 is 6.03. The third-order valence-electron chi connectivity index (χ3n) is 7.58. The summed E-state index contributed by atoms with van der Waals surface area (Å²) >= 11 is 0. The number of aliphatic carboxylic acids is 1. The summed E-state index contributed by atoms with van der Waals surface area (Å²) in [5.41, 5.74) is 0. The molecule has 2 atom stereocenters. The Hall–Kier alpha value is -1.10. The summed E-state index contributed by atoms with van der Waals surface area (Å²) in [5, 5.41) is 9.07. The Morgan fingerprint density at radius 2 is 1.05 bits per heavy atom. The van der Waals surface area contributed by atoms with Gasteiger partial charge < -0.3 is 14.3 Å². The largest absolute Gasteiger partial charge is 0.481 e. The molecule has 0 radical (unpaired) electrons. The first kappa shape index (κ1) is 36.9. The Bertz CT molecular complexity index is 558. The number of likely N-dealkylation sites (N-methyl/N-ethyl adjacent to an activating group) is 1. The maximum absolute atomic E-state index is 12.1. The molecule has 0 aromatic heterocycles. The van der Waals surface area contributed by atoms with E-state index in [0.717, 1.165) is 25.2 Å². The molecule has 0 aromatic carbocycles. The lowest BCUT2D eigenvalue weighted by atomic mass is 9.95. The molecule has 0 saturated carbocycles. The van der Waals surface area contributed by atoms with Gasteiger partial charge in [0, 0.05) is 6.42 Å². The van der Waals surface area contributed by atoms with Crippen LogP contribution in [0.3, 0.4) is 0 Å². The lowest BCUT2D eigenvalue weighted by Crippen LogP contribution is -2.43. The average Bonchev–Trinajstić information content (AvgIpc) is 2.82. The molecule has 0 bridgehead atoms. The van der Waals surface area contributed by atoms with E-state index in [1.807, 2.05) is 21.1 Å². The summed E-state index contributed by atoms with van der Waals surface area (Å²) in [6.07, 6.45) is 27.9. The van der Waals surface area contributed by atoms with Gasteiger partial charge in [0.1, 0.15) is 6.54 Å². The number of quaternary nitrogens is 1. The predicted molar refractivity (Wildman–Crippen MR) is 161 cm³/mol. The van der Waals surface area contributed by atoms with Crippen LogP contribution in [0.25, 0.3) is 0 Å². The fourth-order valence-corrected chi connectivity index (χ4v) is 5.32. The Kier molecular flexibility index (Phi) is 24.2. The number of hydrogen-bond donors (Lipinski definition) is 1. The molecule has 1 N–H and O–H groups in total. The highest BCUT2D eigenvalue weighted by molar-refractivity contribution is 5.71. The molecule has 0 rings (SSSR count). The van der Waals surface area contributed by atoms with Crippen molar-refractivity contribution >= 4 is 11.9 Å². The van der Waals surface area contributed by atoms with E-state index in [1.54, 1.807) is 0 Å². The van der Waals surface area contributed by atoms with E-state index in [0.29, 0.717) is 17.4 Å². The molecule has 5 nitrogen and oxygen atoms in total. The maximum atomic E-state index is 12.1. The second kappa shape index (κ2) is 24.9. The van der Waals surface area contributed by atoms with Gasteiger partial charge in [-0.05, 0) is 12.3 Å². The summed E-state index contributed by atoms with van der Waals surface area (Å²) in [6, 6.07) is 0. The molecule has 0 aromatic rings. The van der Waals surface area contributed by atoms with Gasteiger partial charge in [0.2, 0.25) is 0 Å². The van der Waals surface area contributed by atoms with Crippen LogP contribution in [-0.4, -0.2) is 55.3 Å². The van der Waals surface area contributed by atoms with E-state index in [2.05, 4.69) is 13.8 Å². The van der Waals surface area contributed by atoms with E-state index in [-0.39, 0.29) is 12.4 Å². The van der Waals surface area contributed by atoms with Crippen molar-refractivity contribution in [2.75, 3.05) is 27.7 Å². The second-order valence-corrected chi connectivity index (χ2v) is 13.0. The van der Waals surface area contributed by atoms with Crippen molar-refractivity contribution in [3.05, 3.63) is 0 Å². The second-order valence-electron chi connectivity index (χ2n) is 13.0. The predicted octanol–water partition coefficient (Wildman–Crippen LogP) is 9.32. The van der Waals surface area contributed by atoms with Crippen molar-refractivity contribution in [2.24, 2.45) is 5.92 Å². The van der Waals surface area contributed by atoms with Crippen LogP contribution in [0.15, 0.2) is 0 Å². The summed E-state index contributed by atoms with van der Waals surface area (Å²) in [5.74, 6) is -0.329. The quantitative estimate of drug-likeness (QED) is 0.0610. The number of carboxylic acids is 1. The minimum atomic E-state index is -0.921. The first-order chi connectivity index (χ1) is 18.1. The SMILES string of the molecule is CCCCCCCCCCCCCCCC(C)CCCCCCCCC(=O)OC(CC(=O)O)C[N+](C)(C)C. The molecule has 0 heterocycles. The van der Waals surface area contributed by atoms with E-state index < -0.39 is 12.1 Å². The van der Waals surface area contributed by atoms with Crippen molar-refractivity contribution in [2.45, 2.75) is 168 Å². The van der Waals surface area contributed by atoms with Crippen LogP contribution in [0.2, 0.25) is 0 Å². The van der Waals surface area contributed by atoms with E-state index >= 15 is 0 Å². The van der Waals surface area contributed by atoms with Crippen molar-refractivity contribution in [1.82, 2.24) is 0 Å². The van der Waals surface area contributed by atoms with Crippen LogP contribution in [0.1, 0.15) is 162 Å². The molecule has 5 heteroatoms. The van der Waals surface area contributed by atoms with Crippen molar-refractivity contribution < 1.29 is 23.9 Å². The molecular weight excluding hydrogens is 474 g/mol. The van der Waals surface area contributed by atoms with Crippen LogP contribution < -0.4 is 0 Å². The Labute approximate surface area is 237 Å². The molecule has 226 valence electrons. The summed E-state index contributed by atoms with van der Waals surface area (Å²) in [6.45, 7) is 5.22. The molecule has 0 aliphatic rings. The van der Waals surface area contributed by atoms with E-state index in [9.17, 15) is 9.59 Å². The number of carbonyl (C=O) groups is 2. The van der Waals surface area contributed by atoms with Gasteiger partial charge >= 0.3 is 11.9 Å². The van der Waals surface area contributed by atoms with Gasteiger partial charge in [-0.3, -0.25) is 9.59 Å². The number of esters is 1. The minimum Gasteiger partial charge on any atom is -0.481 e. The molecule has 0 aliphatic carbocycles. The third-order valence-corrected chi connectivity index (χ3v) is 7.58. The molecule has 0 aliphatic heterocycles. The topological polar surface area (TPSA) is 63.6 Å². The zero-order chi connectivity index (χ0) is 28.5. The number of ether oxygens (including phenoxy) is 1. The smallest absolute Gasteiger partial charge is 0.307 e. The average molecular weight is 541 g/mol. The number of carboxylic acid groups (broad SMARTS) is 1. The van der Waals surface area contributed by atoms with Crippen LogP contribution in [0.5, 0.6) is 0 Å². The van der Waals surface area contributed by atoms with Gasteiger partial charge in [0.15, 0.2) is 6.10 Å². The van der Waals surface area contributed by atoms with Crippen molar-refractivity contribution in [3.8, 4) is 0 Å². The zero-order valence-corrected chi connectivity index (χ0v) is 26.2. The van der Waals surface area contributed by atoms with E-state index in [4.69, 9.17) is 9.84 Å². The van der Waals surface area contributed by atoms with Gasteiger partial charge in [-0.1, -0.05) is 142 Å².